The lowest BCUT2D eigenvalue weighted by atomic mass is 9.78. The van der Waals surface area contributed by atoms with Crippen molar-refractivity contribution >= 4 is 29.1 Å². The third-order valence-electron chi connectivity index (χ3n) is 7.76. The number of benzene rings is 2. The molecular weight excluding hydrogens is 612 g/mol. The minimum Gasteiger partial charge on any atom is -0.490 e. The Bertz CT molecular complexity index is 1930. The summed E-state index contributed by atoms with van der Waals surface area (Å²) in [6.45, 7) is 22.9. The second kappa shape index (κ2) is 11.7. The van der Waals surface area contributed by atoms with Gasteiger partial charge in [-0.15, -0.1) is 0 Å². The van der Waals surface area contributed by atoms with Crippen LogP contribution in [-0.4, -0.2) is 32.8 Å². The van der Waals surface area contributed by atoms with E-state index in [0.717, 1.165) is 4.57 Å². The van der Waals surface area contributed by atoms with Gasteiger partial charge in [-0.25, -0.2) is 0 Å². The summed E-state index contributed by atoms with van der Waals surface area (Å²) < 4.78 is 11.9. The molecular formula is C37H16N4O7. The van der Waals surface area contributed by atoms with Crippen molar-refractivity contribution in [2.45, 2.75) is 0 Å². The Labute approximate surface area is 278 Å². The number of Topliss-reactive ketones (excluding diaryl/α,β-unsaturated/α-hetero) is 2. The molecule has 24 radical (unpaired) electrons. The van der Waals surface area contributed by atoms with Crippen LogP contribution in [0.15, 0.2) is 41.3 Å². The third kappa shape index (κ3) is 5.11. The SMILES string of the molecule is [CH2]Oc1cc(-c2cn([CH2])c(=O)c([CH2])c2[CH2])cc(O[CH2])c1[C]N1[C][C]C2([C]1)[C]N(c1ccc3c(c1)C(=O)[C]([C]1[C][C]C(=O)[N]C1=O)C3=O)[C]2. The van der Waals surface area contributed by atoms with Crippen LogP contribution in [0, 0.1) is 104 Å². The zero-order valence-corrected chi connectivity index (χ0v) is 24.6. The summed E-state index contributed by atoms with van der Waals surface area (Å²) in [5.41, 5.74) is 1.11. The van der Waals surface area contributed by atoms with Crippen LogP contribution < -0.4 is 25.2 Å². The van der Waals surface area contributed by atoms with Gasteiger partial charge >= 0.3 is 0 Å². The molecule has 226 valence electrons. The van der Waals surface area contributed by atoms with Crippen LogP contribution in [0.3, 0.4) is 0 Å². The van der Waals surface area contributed by atoms with Crippen LogP contribution in [0.25, 0.3) is 11.1 Å². The number of carbonyl (C=O) groups excluding carboxylic acids is 4. The van der Waals surface area contributed by atoms with Gasteiger partial charge in [-0.1, -0.05) is 0 Å². The van der Waals surface area contributed by atoms with Crippen molar-refractivity contribution in [1.29, 1.82) is 0 Å². The molecule has 3 aromatic rings. The molecule has 11 heteroatoms. The van der Waals surface area contributed by atoms with Gasteiger partial charge in [-0.05, 0) is 55.3 Å². The molecule has 3 fully saturated rings. The molecule has 0 atom stereocenters. The van der Waals surface area contributed by atoms with E-state index in [1.165, 1.54) is 28.1 Å². The summed E-state index contributed by atoms with van der Waals surface area (Å²) in [6.07, 6.45) is 8.86. The van der Waals surface area contributed by atoms with Crippen molar-refractivity contribution in [2.24, 2.45) is 5.41 Å². The second-order valence-electron chi connectivity index (χ2n) is 10.6. The zero-order valence-electron chi connectivity index (χ0n) is 24.6. The lowest BCUT2D eigenvalue weighted by Gasteiger charge is -2.45. The Kier molecular flexibility index (Phi) is 7.77. The number of nitrogens with zero attached hydrogens (tertiary/aromatic N) is 4. The average Bonchev–Trinajstić information content (AvgIpc) is 3.59. The number of anilines is 1. The summed E-state index contributed by atoms with van der Waals surface area (Å²) in [7, 11) is 10.8. The number of imide groups is 1. The molecule has 1 aromatic heterocycles. The van der Waals surface area contributed by atoms with Crippen molar-refractivity contribution in [2.75, 3.05) is 4.90 Å². The number of pyridine rings is 1. The van der Waals surface area contributed by atoms with Gasteiger partial charge < -0.3 is 18.9 Å². The maximum atomic E-state index is 13.2. The highest BCUT2D eigenvalue weighted by Gasteiger charge is 2.54. The summed E-state index contributed by atoms with van der Waals surface area (Å²) >= 11 is 0. The first-order valence-corrected chi connectivity index (χ1v) is 13.7. The van der Waals surface area contributed by atoms with E-state index in [1.807, 2.05) is 0 Å². The number of aromatic nitrogens is 1. The molecule has 48 heavy (non-hydrogen) atoms. The fourth-order valence-electron chi connectivity index (χ4n) is 5.36. The molecule has 2 aromatic carbocycles. The smallest absolute Gasteiger partial charge is 0.258 e. The van der Waals surface area contributed by atoms with Crippen molar-refractivity contribution in [3.63, 3.8) is 0 Å². The highest BCUT2D eigenvalue weighted by molar-refractivity contribution is 6.41. The van der Waals surface area contributed by atoms with Crippen molar-refractivity contribution in [3.05, 3.63) is 174 Å². The van der Waals surface area contributed by atoms with Gasteiger partial charge in [0, 0.05) is 54.0 Å². The largest absolute Gasteiger partial charge is 0.490 e. The van der Waals surface area contributed by atoms with Gasteiger partial charge in [0.05, 0.1) is 36.4 Å². The van der Waals surface area contributed by atoms with Gasteiger partial charge in [-0.3, -0.25) is 28.9 Å². The van der Waals surface area contributed by atoms with E-state index in [2.05, 4.69) is 92.4 Å². The van der Waals surface area contributed by atoms with Gasteiger partial charge in [0.25, 0.3) is 17.4 Å². The second-order valence-corrected chi connectivity index (χ2v) is 10.6. The number of amides is 2. The molecule has 0 N–H and O–H groups in total. The topological polar surface area (TPSA) is 129 Å². The molecule has 0 bridgehead atoms. The number of ether oxygens (including phenoxy) is 2. The molecule has 0 saturated carbocycles. The number of carbonyl (C=O) groups is 4. The number of rotatable bonds is 7. The zero-order chi connectivity index (χ0) is 34.1. The molecule has 1 spiro atoms. The summed E-state index contributed by atoms with van der Waals surface area (Å²) in [4.78, 5) is 64.7. The Morgan fingerprint density at radius 1 is 0.833 bits per heavy atom. The number of fused-ring (bicyclic) bond motifs is 1. The predicted octanol–water partition coefficient (Wildman–Crippen LogP) is 2.67. The highest BCUT2D eigenvalue weighted by atomic mass is 16.5. The van der Waals surface area contributed by atoms with Crippen LogP contribution in [0.2, 0.25) is 0 Å². The minimum atomic E-state index is -1.15. The van der Waals surface area contributed by atoms with E-state index in [9.17, 15) is 24.0 Å². The first-order valence-electron chi connectivity index (χ1n) is 13.7. The molecule has 3 saturated heterocycles. The molecule has 3 aliphatic heterocycles. The minimum absolute atomic E-state index is 0.0565. The van der Waals surface area contributed by atoms with Gasteiger partial charge in [0.15, 0.2) is 11.6 Å². The van der Waals surface area contributed by atoms with Crippen LogP contribution in [-0.2, 0) is 9.59 Å². The number of piperidine rings is 1. The van der Waals surface area contributed by atoms with Crippen LogP contribution in [0.1, 0.15) is 37.4 Å². The molecule has 0 unspecified atom stereocenters. The van der Waals surface area contributed by atoms with Gasteiger partial charge in [0.1, 0.15) is 51.3 Å². The Morgan fingerprint density at radius 2 is 1.52 bits per heavy atom. The molecule has 4 heterocycles. The molecule has 1 aliphatic carbocycles. The average molecular weight is 629 g/mol. The predicted molar refractivity (Wildman–Crippen MR) is 163 cm³/mol. The van der Waals surface area contributed by atoms with Crippen LogP contribution in [0.4, 0.5) is 5.69 Å². The van der Waals surface area contributed by atoms with E-state index < -0.39 is 40.6 Å². The number of likely N-dealkylation sites (tertiary alicyclic amines) is 1. The molecule has 4 aliphatic rings. The lowest BCUT2D eigenvalue weighted by molar-refractivity contribution is -0.128. The van der Waals surface area contributed by atoms with Gasteiger partial charge in [-0.2, -0.15) is 5.32 Å². The molecule has 11 nitrogen and oxygen atoms in total. The fraction of sp³-hybridized carbons (Fsp3) is 0.0270. The fourth-order valence-corrected chi connectivity index (χ4v) is 5.36. The molecule has 2 amide bonds. The van der Waals surface area contributed by atoms with E-state index in [-0.39, 0.29) is 33.7 Å². The maximum Gasteiger partial charge on any atom is 0.258 e. The number of hydrogen-bond donors (Lipinski definition) is 0. The quantitative estimate of drug-likeness (QED) is 0.363. The first kappa shape index (κ1) is 31.8. The van der Waals surface area contributed by atoms with E-state index in [1.54, 1.807) is 18.2 Å². The van der Waals surface area contributed by atoms with Crippen molar-refractivity contribution in [3.8, 4) is 22.6 Å². The first-order chi connectivity index (χ1) is 22.9. The Hall–Kier alpha value is -4.77. The maximum absolute atomic E-state index is 13.2. The van der Waals surface area contributed by atoms with E-state index in [4.69, 9.17) is 9.47 Å². The summed E-state index contributed by atoms with van der Waals surface area (Å²) in [5, 5.41) is 3.22. The highest BCUT2D eigenvalue weighted by Crippen LogP contribution is 2.53. The summed E-state index contributed by atoms with van der Waals surface area (Å²) in [5.74, 6) is -3.68. The number of ketones is 2. The van der Waals surface area contributed by atoms with Crippen LogP contribution >= 0.6 is 0 Å². The number of hydrogen-bond acceptors (Lipinski definition) is 9. The normalized spacial score (nSPS) is 19.6. The third-order valence-corrected chi connectivity index (χ3v) is 7.76. The van der Waals surface area contributed by atoms with Gasteiger partial charge in [0.2, 0.25) is 0 Å². The van der Waals surface area contributed by atoms with E-state index >= 15 is 0 Å². The van der Waals surface area contributed by atoms with E-state index in [0.29, 0.717) is 27.9 Å². The van der Waals surface area contributed by atoms with Crippen molar-refractivity contribution < 1.29 is 28.7 Å². The van der Waals surface area contributed by atoms with Crippen molar-refractivity contribution in [1.82, 2.24) is 14.8 Å². The Morgan fingerprint density at radius 3 is 2.19 bits per heavy atom. The standard InChI is InChI=1S/C37H16N4O7/c1-20-21(2)36(46)39(3)15-27(20)22-12-29(47-4)28(30(13-22)48-5)16-40-11-10-37(17-40)18-41(19-37)23-6-7-24-26(14-23)34(44)32(33(24)43)25-8-9-31(42)38-35(25)45/h6-7,12-15H,1-5H2. The lowest BCUT2D eigenvalue weighted by Crippen LogP contribution is -2.46. The summed E-state index contributed by atoms with van der Waals surface area (Å²) in [6, 6.07) is 7.79. The Balaban J connectivity index is 1.04. The molecule has 7 rings (SSSR count). The van der Waals surface area contributed by atoms with Crippen LogP contribution in [0.5, 0.6) is 11.5 Å². The monoisotopic (exact) mass is 628 g/mol.